The summed E-state index contributed by atoms with van der Waals surface area (Å²) < 4.78 is 0.871. The lowest BCUT2D eigenvalue weighted by molar-refractivity contribution is -0.146. The fourth-order valence-electron chi connectivity index (χ4n) is 2.51. The van der Waals surface area contributed by atoms with Gasteiger partial charge in [-0.2, -0.15) is 0 Å². The van der Waals surface area contributed by atoms with Gasteiger partial charge in [0.05, 0.1) is 0 Å². The number of aryl methyl sites for hydroxylation is 1. The predicted molar refractivity (Wildman–Crippen MR) is 79.9 cm³/mol. The topological polar surface area (TPSA) is 69.6 Å². The summed E-state index contributed by atoms with van der Waals surface area (Å²) in [5, 5.41) is 12.1. The molecule has 1 heterocycles. The second kappa shape index (κ2) is 5.44. The molecule has 0 aromatic heterocycles. The number of urea groups is 1. The Morgan fingerprint density at radius 3 is 2.70 bits per heavy atom. The number of carboxylic acid groups (broad SMARTS) is 1. The average Bonchev–Trinajstić information content (AvgIpc) is 2.71. The van der Waals surface area contributed by atoms with Crippen LogP contribution in [-0.4, -0.2) is 34.1 Å². The third-order valence-corrected chi connectivity index (χ3v) is 4.10. The van der Waals surface area contributed by atoms with Crippen LogP contribution >= 0.6 is 15.9 Å². The van der Waals surface area contributed by atoms with E-state index in [1.165, 1.54) is 4.90 Å². The molecule has 2 rings (SSSR count). The van der Waals surface area contributed by atoms with E-state index in [0.29, 0.717) is 25.1 Å². The highest BCUT2D eigenvalue weighted by Crippen LogP contribution is 2.30. The Kier molecular flexibility index (Phi) is 4.04. The van der Waals surface area contributed by atoms with Gasteiger partial charge in [-0.25, -0.2) is 9.59 Å². The van der Waals surface area contributed by atoms with Gasteiger partial charge in [-0.15, -0.1) is 0 Å². The molecule has 1 aromatic rings. The maximum atomic E-state index is 12.3. The number of nitrogens with zero attached hydrogens (tertiary/aromatic N) is 1. The van der Waals surface area contributed by atoms with E-state index in [0.717, 1.165) is 10.0 Å². The number of carbonyl (C=O) groups is 2. The van der Waals surface area contributed by atoms with E-state index in [9.17, 15) is 14.7 Å². The highest BCUT2D eigenvalue weighted by atomic mass is 79.9. The summed E-state index contributed by atoms with van der Waals surface area (Å²) in [6, 6.07) is 5.20. The van der Waals surface area contributed by atoms with E-state index < -0.39 is 11.5 Å². The van der Waals surface area contributed by atoms with Crippen LogP contribution in [0.1, 0.15) is 25.3 Å². The van der Waals surface area contributed by atoms with Crippen LogP contribution in [0.25, 0.3) is 0 Å². The monoisotopic (exact) mass is 340 g/mol. The van der Waals surface area contributed by atoms with E-state index in [4.69, 9.17) is 0 Å². The van der Waals surface area contributed by atoms with Gasteiger partial charge in [0.25, 0.3) is 0 Å². The molecule has 1 aliphatic rings. The minimum Gasteiger partial charge on any atom is -0.480 e. The Bertz CT molecular complexity index is 541. The van der Waals surface area contributed by atoms with Crippen molar-refractivity contribution in [1.29, 1.82) is 0 Å². The summed E-state index contributed by atoms with van der Waals surface area (Å²) in [6.07, 6.45) is 1.18. The molecule has 1 unspecified atom stereocenters. The van der Waals surface area contributed by atoms with Crippen LogP contribution in [0.15, 0.2) is 22.7 Å². The lowest BCUT2D eigenvalue weighted by Gasteiger charge is -2.31. The zero-order valence-electron chi connectivity index (χ0n) is 11.4. The van der Waals surface area contributed by atoms with Crippen molar-refractivity contribution in [2.75, 3.05) is 11.9 Å². The van der Waals surface area contributed by atoms with Gasteiger partial charge in [-0.05, 0) is 50.5 Å². The van der Waals surface area contributed by atoms with E-state index in [1.54, 1.807) is 13.0 Å². The van der Waals surface area contributed by atoms with Crippen molar-refractivity contribution >= 4 is 33.6 Å². The molecule has 0 radical (unpaired) electrons. The number of hydrogen-bond donors (Lipinski definition) is 2. The van der Waals surface area contributed by atoms with Gasteiger partial charge in [0, 0.05) is 16.7 Å². The third kappa shape index (κ3) is 2.80. The molecule has 1 fully saturated rings. The number of nitrogens with one attached hydrogen (secondary N) is 1. The predicted octanol–water partition coefficient (Wildman–Crippen LogP) is 3.23. The van der Waals surface area contributed by atoms with E-state index in [1.807, 2.05) is 19.1 Å². The summed E-state index contributed by atoms with van der Waals surface area (Å²) in [5.74, 6) is -0.962. The average molecular weight is 341 g/mol. The van der Waals surface area contributed by atoms with Crippen molar-refractivity contribution in [3.8, 4) is 0 Å². The lowest BCUT2D eigenvalue weighted by Crippen LogP contribution is -2.52. The number of likely N-dealkylation sites (tertiary alicyclic amines) is 1. The molecule has 0 spiro atoms. The van der Waals surface area contributed by atoms with Gasteiger partial charge in [-0.3, -0.25) is 0 Å². The molecule has 20 heavy (non-hydrogen) atoms. The number of anilines is 1. The summed E-state index contributed by atoms with van der Waals surface area (Å²) in [4.78, 5) is 25.1. The zero-order chi connectivity index (χ0) is 14.9. The molecule has 6 heteroatoms. The highest BCUT2D eigenvalue weighted by molar-refractivity contribution is 9.10. The molecule has 1 aliphatic heterocycles. The molecule has 0 saturated carbocycles. The van der Waals surface area contributed by atoms with Crippen LogP contribution in [0.2, 0.25) is 0 Å². The second-order valence-electron chi connectivity index (χ2n) is 5.28. The number of carboxylic acids is 1. The van der Waals surface area contributed by atoms with Crippen LogP contribution in [0.3, 0.4) is 0 Å². The quantitative estimate of drug-likeness (QED) is 0.868. The molecular weight excluding hydrogens is 324 g/mol. The molecule has 5 nitrogen and oxygen atoms in total. The number of halogens is 1. The first-order valence-electron chi connectivity index (χ1n) is 6.42. The minimum absolute atomic E-state index is 0.370. The van der Waals surface area contributed by atoms with Gasteiger partial charge in [-0.1, -0.05) is 15.9 Å². The van der Waals surface area contributed by atoms with Crippen molar-refractivity contribution in [1.82, 2.24) is 4.90 Å². The molecule has 0 bridgehead atoms. The molecule has 0 aliphatic carbocycles. The molecular formula is C14H17BrN2O3. The summed E-state index contributed by atoms with van der Waals surface area (Å²) in [7, 11) is 0. The van der Waals surface area contributed by atoms with Gasteiger partial charge in [0.1, 0.15) is 5.54 Å². The van der Waals surface area contributed by atoms with Crippen LogP contribution in [-0.2, 0) is 4.79 Å². The number of rotatable bonds is 2. The van der Waals surface area contributed by atoms with Gasteiger partial charge < -0.3 is 15.3 Å². The van der Waals surface area contributed by atoms with E-state index >= 15 is 0 Å². The number of aliphatic carboxylic acids is 1. The normalized spacial score (nSPS) is 21.9. The Balaban J connectivity index is 2.17. The fourth-order valence-corrected chi connectivity index (χ4v) is 3.12. The van der Waals surface area contributed by atoms with Crippen molar-refractivity contribution in [2.45, 2.75) is 32.2 Å². The number of benzene rings is 1. The first-order valence-corrected chi connectivity index (χ1v) is 7.21. The smallest absolute Gasteiger partial charge is 0.329 e. The summed E-state index contributed by atoms with van der Waals surface area (Å²) in [5.41, 5.74) is 0.545. The lowest BCUT2D eigenvalue weighted by atomic mass is 10.00. The maximum absolute atomic E-state index is 12.3. The third-order valence-electron chi connectivity index (χ3n) is 3.64. The second-order valence-corrected chi connectivity index (χ2v) is 6.20. The van der Waals surface area contributed by atoms with Crippen molar-refractivity contribution in [3.63, 3.8) is 0 Å². The van der Waals surface area contributed by atoms with Crippen molar-refractivity contribution in [3.05, 3.63) is 28.2 Å². The standard InChI is InChI=1S/C14H17BrN2O3/c1-9-6-10(15)8-11(7-9)16-13(20)17-5-3-4-14(17,2)12(18)19/h6-8H,3-5H2,1-2H3,(H,16,20)(H,18,19). The number of carbonyl (C=O) groups excluding carboxylic acids is 1. The number of amides is 2. The van der Waals surface area contributed by atoms with E-state index in [-0.39, 0.29) is 6.03 Å². The molecule has 1 saturated heterocycles. The molecule has 108 valence electrons. The molecule has 1 aromatic carbocycles. The van der Waals surface area contributed by atoms with E-state index in [2.05, 4.69) is 21.2 Å². The maximum Gasteiger partial charge on any atom is 0.329 e. The van der Waals surface area contributed by atoms with Crippen LogP contribution in [0, 0.1) is 6.92 Å². The number of hydrogen-bond acceptors (Lipinski definition) is 2. The Morgan fingerprint density at radius 1 is 1.40 bits per heavy atom. The Labute approximate surface area is 126 Å². The highest BCUT2D eigenvalue weighted by Gasteiger charge is 2.46. The first-order chi connectivity index (χ1) is 9.33. The Morgan fingerprint density at radius 2 is 2.10 bits per heavy atom. The van der Waals surface area contributed by atoms with Crippen molar-refractivity contribution < 1.29 is 14.7 Å². The van der Waals surface area contributed by atoms with Crippen molar-refractivity contribution in [2.24, 2.45) is 0 Å². The minimum atomic E-state index is -1.12. The largest absolute Gasteiger partial charge is 0.480 e. The summed E-state index contributed by atoms with van der Waals surface area (Å²) >= 11 is 3.37. The van der Waals surface area contributed by atoms with Crippen LogP contribution < -0.4 is 5.32 Å². The summed E-state index contributed by atoms with van der Waals surface area (Å²) in [6.45, 7) is 3.98. The Hall–Kier alpha value is -1.56. The molecule has 2 N–H and O–H groups in total. The van der Waals surface area contributed by atoms with Gasteiger partial charge >= 0.3 is 12.0 Å². The fraction of sp³-hybridized carbons (Fsp3) is 0.429. The zero-order valence-corrected chi connectivity index (χ0v) is 13.0. The van der Waals surface area contributed by atoms with Gasteiger partial charge in [0.2, 0.25) is 0 Å². The van der Waals surface area contributed by atoms with Gasteiger partial charge in [0.15, 0.2) is 0 Å². The van der Waals surface area contributed by atoms with Crippen LogP contribution in [0.4, 0.5) is 10.5 Å². The SMILES string of the molecule is Cc1cc(Br)cc(NC(=O)N2CCCC2(C)C(=O)O)c1. The molecule has 1 atom stereocenters. The van der Waals surface area contributed by atoms with Crippen LogP contribution in [0.5, 0.6) is 0 Å². The molecule has 2 amide bonds. The first kappa shape index (κ1) is 14.8.